The number of anilines is 1. The van der Waals surface area contributed by atoms with Crippen LogP contribution < -0.4 is 9.62 Å². The van der Waals surface area contributed by atoms with Gasteiger partial charge in [0.15, 0.2) is 0 Å². The van der Waals surface area contributed by atoms with Gasteiger partial charge in [-0.25, -0.2) is 8.42 Å². The van der Waals surface area contributed by atoms with Crippen molar-refractivity contribution in [2.45, 2.75) is 66.1 Å². The Labute approximate surface area is 224 Å². The van der Waals surface area contributed by atoms with Crippen molar-refractivity contribution in [1.82, 2.24) is 10.2 Å². The van der Waals surface area contributed by atoms with Gasteiger partial charge in [0, 0.05) is 22.1 Å². The van der Waals surface area contributed by atoms with Crippen LogP contribution in [0.1, 0.15) is 50.8 Å². The Balaban J connectivity index is 2.53. The number of carbonyl (C=O) groups excluding carboxylic acids is 2. The molecule has 2 rings (SSSR count). The molecule has 0 radical (unpaired) electrons. The Bertz CT molecular complexity index is 1210. The van der Waals surface area contributed by atoms with Crippen LogP contribution >= 0.6 is 23.2 Å². The van der Waals surface area contributed by atoms with Crippen molar-refractivity contribution in [3.8, 4) is 0 Å². The number of benzene rings is 2. The molecule has 0 aromatic heterocycles. The quantitative estimate of drug-likeness (QED) is 0.466. The van der Waals surface area contributed by atoms with Crippen molar-refractivity contribution in [3.63, 3.8) is 0 Å². The fourth-order valence-corrected chi connectivity index (χ4v) is 5.22. The number of sulfonamides is 1. The Morgan fingerprint density at radius 1 is 1.03 bits per heavy atom. The highest BCUT2D eigenvalue weighted by Gasteiger charge is 2.33. The van der Waals surface area contributed by atoms with Gasteiger partial charge >= 0.3 is 0 Å². The number of amides is 2. The zero-order valence-corrected chi connectivity index (χ0v) is 24.2. The van der Waals surface area contributed by atoms with Crippen molar-refractivity contribution >= 4 is 50.7 Å². The number of rotatable bonds is 9. The largest absolute Gasteiger partial charge is 0.350 e. The van der Waals surface area contributed by atoms with Gasteiger partial charge in [-0.3, -0.25) is 13.9 Å². The van der Waals surface area contributed by atoms with Crippen LogP contribution in [-0.4, -0.2) is 49.5 Å². The second-order valence-corrected chi connectivity index (χ2v) is 12.8. The number of nitrogens with zero attached hydrogens (tertiary/aromatic N) is 2. The number of halogens is 2. The summed E-state index contributed by atoms with van der Waals surface area (Å²) in [6.45, 7) is 10.6. The Kier molecular flexibility index (Phi) is 9.84. The average molecular weight is 557 g/mol. The monoisotopic (exact) mass is 555 g/mol. The molecule has 0 aliphatic heterocycles. The molecule has 36 heavy (non-hydrogen) atoms. The molecule has 7 nitrogen and oxygen atoms in total. The summed E-state index contributed by atoms with van der Waals surface area (Å²) >= 11 is 12.4. The van der Waals surface area contributed by atoms with Crippen molar-refractivity contribution < 1.29 is 18.0 Å². The first kappa shape index (κ1) is 29.9. The lowest BCUT2D eigenvalue weighted by molar-refractivity contribution is -0.141. The van der Waals surface area contributed by atoms with Crippen molar-refractivity contribution in [3.05, 3.63) is 63.1 Å². The Morgan fingerprint density at radius 2 is 1.61 bits per heavy atom. The van der Waals surface area contributed by atoms with Gasteiger partial charge in [-0.1, -0.05) is 42.3 Å². The molecule has 0 heterocycles. The van der Waals surface area contributed by atoms with Gasteiger partial charge in [-0.05, 0) is 82.0 Å². The minimum Gasteiger partial charge on any atom is -0.350 e. The molecule has 10 heteroatoms. The molecule has 198 valence electrons. The maximum Gasteiger partial charge on any atom is 0.244 e. The molecular weight excluding hydrogens is 521 g/mol. The predicted octanol–water partition coefficient (Wildman–Crippen LogP) is 5.10. The molecular formula is C26H35Cl2N3O4S. The first-order valence-electron chi connectivity index (χ1n) is 11.6. The van der Waals surface area contributed by atoms with E-state index in [-0.39, 0.29) is 12.5 Å². The van der Waals surface area contributed by atoms with E-state index in [4.69, 9.17) is 23.2 Å². The molecule has 1 atom stereocenters. The van der Waals surface area contributed by atoms with Crippen LogP contribution in [0.5, 0.6) is 0 Å². The molecule has 0 spiro atoms. The van der Waals surface area contributed by atoms with Crippen LogP contribution in [0.15, 0.2) is 36.4 Å². The van der Waals surface area contributed by atoms with Gasteiger partial charge in [-0.2, -0.15) is 0 Å². The van der Waals surface area contributed by atoms with Crippen LogP contribution in [0.3, 0.4) is 0 Å². The van der Waals surface area contributed by atoms with E-state index in [1.807, 2.05) is 40.7 Å². The normalized spacial score (nSPS) is 12.7. The van der Waals surface area contributed by atoms with Gasteiger partial charge < -0.3 is 10.2 Å². The minimum atomic E-state index is -3.81. The third-order valence-corrected chi connectivity index (χ3v) is 7.14. The average Bonchev–Trinajstić information content (AvgIpc) is 2.70. The first-order valence-corrected chi connectivity index (χ1v) is 14.2. The molecule has 0 bridgehead atoms. The van der Waals surface area contributed by atoms with Crippen LogP contribution in [0.4, 0.5) is 5.69 Å². The van der Waals surface area contributed by atoms with Crippen LogP contribution in [0.2, 0.25) is 10.0 Å². The van der Waals surface area contributed by atoms with Crippen LogP contribution in [-0.2, 0) is 26.2 Å². The lowest BCUT2D eigenvalue weighted by Crippen LogP contribution is -2.55. The van der Waals surface area contributed by atoms with Crippen molar-refractivity contribution in [2.24, 2.45) is 0 Å². The van der Waals surface area contributed by atoms with Gasteiger partial charge in [-0.15, -0.1) is 0 Å². The molecule has 0 aliphatic carbocycles. The summed E-state index contributed by atoms with van der Waals surface area (Å²) in [5.41, 5.74) is 2.20. The summed E-state index contributed by atoms with van der Waals surface area (Å²) in [5, 5.41) is 3.72. The van der Waals surface area contributed by atoms with Gasteiger partial charge in [0.2, 0.25) is 21.8 Å². The molecule has 2 amide bonds. The molecule has 1 N–H and O–H groups in total. The molecule has 0 fully saturated rings. The van der Waals surface area contributed by atoms with Gasteiger partial charge in [0.1, 0.15) is 12.6 Å². The first-order chi connectivity index (χ1) is 16.5. The van der Waals surface area contributed by atoms with Crippen molar-refractivity contribution in [1.29, 1.82) is 0 Å². The fourth-order valence-electron chi connectivity index (χ4n) is 3.91. The van der Waals surface area contributed by atoms with E-state index in [1.165, 1.54) is 4.90 Å². The minimum absolute atomic E-state index is 0.00928. The summed E-state index contributed by atoms with van der Waals surface area (Å²) in [6, 6.07) is 9.41. The molecule has 0 aliphatic rings. The highest BCUT2D eigenvalue weighted by atomic mass is 35.5. The molecule has 0 unspecified atom stereocenters. The third kappa shape index (κ3) is 8.39. The summed E-state index contributed by atoms with van der Waals surface area (Å²) in [4.78, 5) is 28.4. The molecule has 2 aromatic rings. The Morgan fingerprint density at radius 3 is 2.08 bits per heavy atom. The summed E-state index contributed by atoms with van der Waals surface area (Å²) < 4.78 is 26.6. The topological polar surface area (TPSA) is 86.8 Å². The van der Waals surface area contributed by atoms with E-state index in [2.05, 4.69) is 5.32 Å². The maximum absolute atomic E-state index is 13.8. The maximum atomic E-state index is 13.8. The molecule has 0 saturated carbocycles. The summed E-state index contributed by atoms with van der Waals surface area (Å²) in [6.07, 6.45) is 1.38. The van der Waals surface area contributed by atoms with Crippen molar-refractivity contribution in [2.75, 3.05) is 17.1 Å². The number of hydrogen-bond donors (Lipinski definition) is 1. The number of nitrogens with one attached hydrogen (secondary N) is 1. The SMILES string of the molecule is CC[C@@H](C(=O)NC(C)(C)C)N(Cc1ccc(Cl)cc1Cl)C(=O)CN(c1cc(C)cc(C)c1)S(C)(=O)=O. The number of carbonyl (C=O) groups is 2. The van der Waals surface area contributed by atoms with Gasteiger partial charge in [0.05, 0.1) is 11.9 Å². The zero-order chi connectivity index (χ0) is 27.4. The zero-order valence-electron chi connectivity index (χ0n) is 21.9. The highest BCUT2D eigenvalue weighted by Crippen LogP contribution is 2.26. The van der Waals surface area contributed by atoms with E-state index in [0.717, 1.165) is 21.7 Å². The highest BCUT2D eigenvalue weighted by molar-refractivity contribution is 7.92. The van der Waals surface area contributed by atoms with Gasteiger partial charge in [0.25, 0.3) is 0 Å². The second-order valence-electron chi connectivity index (χ2n) is 10.0. The lowest BCUT2D eigenvalue weighted by atomic mass is 10.1. The molecule has 0 saturated heterocycles. The van der Waals surface area contributed by atoms with Crippen LogP contribution in [0.25, 0.3) is 0 Å². The molecule has 2 aromatic carbocycles. The van der Waals surface area contributed by atoms with E-state index < -0.39 is 34.1 Å². The lowest BCUT2D eigenvalue weighted by Gasteiger charge is -2.34. The van der Waals surface area contributed by atoms with Crippen LogP contribution in [0, 0.1) is 13.8 Å². The summed E-state index contributed by atoms with van der Waals surface area (Å²) in [5.74, 6) is -0.859. The standard InChI is InChI=1S/C26H35Cl2N3O4S/c1-8-23(25(33)29-26(4,5)6)30(15-19-9-10-20(27)14-22(19)28)24(32)16-31(36(7,34)35)21-12-17(2)11-18(3)13-21/h9-14,23H,8,15-16H2,1-7H3,(H,29,33)/t23-/m0/s1. The number of hydrogen-bond acceptors (Lipinski definition) is 4. The predicted molar refractivity (Wildman–Crippen MR) is 147 cm³/mol. The number of aryl methyl sites for hydroxylation is 2. The van der Waals surface area contributed by atoms with E-state index in [9.17, 15) is 18.0 Å². The van der Waals surface area contributed by atoms with E-state index in [0.29, 0.717) is 27.7 Å². The smallest absolute Gasteiger partial charge is 0.244 e. The second kappa shape index (κ2) is 11.8. The summed E-state index contributed by atoms with van der Waals surface area (Å²) in [7, 11) is -3.81. The van der Waals surface area contributed by atoms with E-state index >= 15 is 0 Å². The third-order valence-electron chi connectivity index (χ3n) is 5.41. The fraction of sp³-hybridized carbons (Fsp3) is 0.462. The van der Waals surface area contributed by atoms with E-state index in [1.54, 1.807) is 37.3 Å². The Hall–Kier alpha value is -2.29.